The third-order valence-electron chi connectivity index (χ3n) is 4.60. The monoisotopic (exact) mass is 463 g/mol. The molecule has 0 saturated carbocycles. The highest BCUT2D eigenvalue weighted by Crippen LogP contribution is 2.16. The lowest BCUT2D eigenvalue weighted by Crippen LogP contribution is -2.51. The van der Waals surface area contributed by atoms with Crippen molar-refractivity contribution in [3.05, 3.63) is 30.1 Å². The predicted molar refractivity (Wildman–Crippen MR) is 114 cm³/mol. The average molecular weight is 463 g/mol. The summed E-state index contributed by atoms with van der Waals surface area (Å²) in [5.41, 5.74) is 7.19. The molecule has 1 fully saturated rings. The normalized spacial score (nSPS) is 15.4. The van der Waals surface area contributed by atoms with Crippen molar-refractivity contribution in [3.8, 4) is 0 Å². The summed E-state index contributed by atoms with van der Waals surface area (Å²) in [6.07, 6.45) is 1.04. The maximum absolute atomic E-state index is 13.0. The Labute approximate surface area is 168 Å². The third-order valence-corrected chi connectivity index (χ3v) is 4.60. The van der Waals surface area contributed by atoms with Gasteiger partial charge in [-0.05, 0) is 50.3 Å². The highest BCUT2D eigenvalue weighted by Gasteiger charge is 2.18. The van der Waals surface area contributed by atoms with Gasteiger partial charge in [0, 0.05) is 38.4 Å². The molecule has 0 aliphatic carbocycles. The molecule has 142 valence electrons. The molecule has 0 atom stereocenters. The lowest BCUT2D eigenvalue weighted by molar-refractivity contribution is 0.301. The van der Waals surface area contributed by atoms with E-state index in [2.05, 4.69) is 33.5 Å². The van der Waals surface area contributed by atoms with E-state index < -0.39 is 0 Å². The van der Waals surface area contributed by atoms with Crippen LogP contribution < -0.4 is 10.6 Å². The summed E-state index contributed by atoms with van der Waals surface area (Å²) in [5.74, 6) is 0.451. The summed E-state index contributed by atoms with van der Waals surface area (Å²) in [5, 5.41) is 0. The van der Waals surface area contributed by atoms with E-state index in [4.69, 9.17) is 5.73 Å². The van der Waals surface area contributed by atoms with Crippen molar-refractivity contribution in [3.63, 3.8) is 0 Å². The molecule has 1 heterocycles. The molecule has 5 nitrogen and oxygen atoms in total. The standard InChI is InChI=1S/C18H30FN5.HI/c1-3-22(4-2)11-5-10-21-18(20)24-14-12-23(13-15-24)17-8-6-16(19)7-9-17;/h6-9H,3-5,10-15H2,1-2H3,(H2,20,21);1H. The molecule has 1 aromatic carbocycles. The fourth-order valence-corrected chi connectivity index (χ4v) is 2.97. The van der Waals surface area contributed by atoms with Crippen LogP contribution in [0, 0.1) is 5.82 Å². The van der Waals surface area contributed by atoms with Crippen molar-refractivity contribution in [1.82, 2.24) is 9.80 Å². The van der Waals surface area contributed by atoms with Crippen molar-refractivity contribution in [2.75, 3.05) is 57.3 Å². The van der Waals surface area contributed by atoms with Gasteiger partial charge in [0.2, 0.25) is 0 Å². The fraction of sp³-hybridized carbons (Fsp3) is 0.611. The van der Waals surface area contributed by atoms with E-state index in [1.807, 2.05) is 12.1 Å². The topological polar surface area (TPSA) is 48.1 Å². The molecule has 0 aromatic heterocycles. The van der Waals surface area contributed by atoms with E-state index >= 15 is 0 Å². The second-order valence-electron chi connectivity index (χ2n) is 6.07. The Bertz CT molecular complexity index is 511. The first-order valence-electron chi connectivity index (χ1n) is 8.91. The Morgan fingerprint density at radius 3 is 2.28 bits per heavy atom. The lowest BCUT2D eigenvalue weighted by Gasteiger charge is -2.36. The zero-order chi connectivity index (χ0) is 17.4. The summed E-state index contributed by atoms with van der Waals surface area (Å²) in [4.78, 5) is 11.3. The van der Waals surface area contributed by atoms with Crippen LogP contribution in [0.15, 0.2) is 29.3 Å². The van der Waals surface area contributed by atoms with Crippen LogP contribution in [0.1, 0.15) is 20.3 Å². The van der Waals surface area contributed by atoms with Crippen LogP contribution in [-0.4, -0.2) is 68.1 Å². The highest BCUT2D eigenvalue weighted by atomic mass is 127. The second-order valence-corrected chi connectivity index (χ2v) is 6.07. The zero-order valence-corrected chi connectivity index (χ0v) is 17.7. The SMILES string of the molecule is CCN(CC)CCCN=C(N)N1CCN(c2ccc(F)cc2)CC1.I. The molecular formula is C18H31FIN5. The van der Waals surface area contributed by atoms with E-state index in [1.54, 1.807) is 0 Å². The predicted octanol–water partition coefficient (Wildman–Crippen LogP) is 2.61. The van der Waals surface area contributed by atoms with E-state index in [0.717, 1.165) is 64.5 Å². The summed E-state index contributed by atoms with van der Waals surface area (Å²) < 4.78 is 13.0. The van der Waals surface area contributed by atoms with Crippen molar-refractivity contribution >= 4 is 35.6 Å². The van der Waals surface area contributed by atoms with Gasteiger partial charge in [0.05, 0.1) is 0 Å². The quantitative estimate of drug-likeness (QED) is 0.293. The Kier molecular flexibility index (Phi) is 10.1. The van der Waals surface area contributed by atoms with Gasteiger partial charge in [0.15, 0.2) is 5.96 Å². The van der Waals surface area contributed by atoms with Gasteiger partial charge in [0.25, 0.3) is 0 Å². The van der Waals surface area contributed by atoms with Gasteiger partial charge in [-0.1, -0.05) is 13.8 Å². The molecule has 2 N–H and O–H groups in total. The molecule has 1 aliphatic heterocycles. The zero-order valence-electron chi connectivity index (χ0n) is 15.3. The lowest BCUT2D eigenvalue weighted by atomic mass is 10.2. The van der Waals surface area contributed by atoms with Crippen LogP contribution >= 0.6 is 24.0 Å². The molecule has 1 saturated heterocycles. The summed E-state index contributed by atoms with van der Waals surface area (Å²) in [6, 6.07) is 6.67. The summed E-state index contributed by atoms with van der Waals surface area (Å²) in [7, 11) is 0. The molecule has 0 amide bonds. The molecule has 0 bridgehead atoms. The van der Waals surface area contributed by atoms with E-state index in [0.29, 0.717) is 5.96 Å². The van der Waals surface area contributed by atoms with Crippen LogP contribution in [0.3, 0.4) is 0 Å². The van der Waals surface area contributed by atoms with Gasteiger partial charge in [-0.25, -0.2) is 4.39 Å². The number of hydrogen-bond acceptors (Lipinski definition) is 3. The first-order valence-corrected chi connectivity index (χ1v) is 8.91. The maximum Gasteiger partial charge on any atom is 0.191 e. The molecule has 7 heteroatoms. The number of piperazine rings is 1. The smallest absolute Gasteiger partial charge is 0.191 e. The molecule has 0 radical (unpaired) electrons. The van der Waals surface area contributed by atoms with E-state index in [9.17, 15) is 4.39 Å². The van der Waals surface area contributed by atoms with Crippen LogP contribution in [0.2, 0.25) is 0 Å². The molecular weight excluding hydrogens is 432 g/mol. The Hall–Kier alpha value is -1.09. The Morgan fingerprint density at radius 1 is 1.12 bits per heavy atom. The number of aliphatic imine (C=N–C) groups is 1. The molecule has 1 aromatic rings. The molecule has 0 spiro atoms. The number of guanidine groups is 1. The summed E-state index contributed by atoms with van der Waals surface area (Å²) >= 11 is 0. The van der Waals surface area contributed by atoms with Gasteiger partial charge in [-0.2, -0.15) is 0 Å². The minimum atomic E-state index is -0.196. The number of anilines is 1. The second kappa shape index (κ2) is 11.5. The number of nitrogens with zero attached hydrogens (tertiary/aromatic N) is 4. The molecule has 0 unspecified atom stereocenters. The van der Waals surface area contributed by atoms with Crippen LogP contribution in [0.5, 0.6) is 0 Å². The first kappa shape index (κ1) is 22.0. The van der Waals surface area contributed by atoms with Gasteiger partial charge >= 0.3 is 0 Å². The van der Waals surface area contributed by atoms with Crippen molar-refractivity contribution in [2.24, 2.45) is 10.7 Å². The molecule has 25 heavy (non-hydrogen) atoms. The maximum atomic E-state index is 13.0. The van der Waals surface area contributed by atoms with E-state index in [1.165, 1.54) is 12.1 Å². The van der Waals surface area contributed by atoms with Gasteiger partial charge in [-0.3, -0.25) is 4.99 Å². The number of hydrogen-bond donors (Lipinski definition) is 1. The van der Waals surface area contributed by atoms with Gasteiger partial charge in [0.1, 0.15) is 5.82 Å². The average Bonchev–Trinajstić information content (AvgIpc) is 2.62. The van der Waals surface area contributed by atoms with Gasteiger partial charge < -0.3 is 20.4 Å². The van der Waals surface area contributed by atoms with Crippen LogP contribution in [-0.2, 0) is 0 Å². The van der Waals surface area contributed by atoms with E-state index in [-0.39, 0.29) is 29.8 Å². The number of benzene rings is 1. The van der Waals surface area contributed by atoms with Crippen LogP contribution in [0.4, 0.5) is 10.1 Å². The first-order chi connectivity index (χ1) is 11.6. The number of nitrogens with two attached hydrogens (primary N) is 1. The Balaban J connectivity index is 0.00000312. The molecule has 1 aliphatic rings. The number of halogens is 2. The minimum Gasteiger partial charge on any atom is -0.370 e. The number of rotatable bonds is 7. The Morgan fingerprint density at radius 2 is 1.72 bits per heavy atom. The summed E-state index contributed by atoms with van der Waals surface area (Å²) in [6.45, 7) is 11.8. The molecule has 2 rings (SSSR count). The van der Waals surface area contributed by atoms with Gasteiger partial charge in [-0.15, -0.1) is 24.0 Å². The minimum absolute atomic E-state index is 0. The van der Waals surface area contributed by atoms with Crippen molar-refractivity contribution < 1.29 is 4.39 Å². The van der Waals surface area contributed by atoms with Crippen LogP contribution in [0.25, 0.3) is 0 Å². The fourth-order valence-electron chi connectivity index (χ4n) is 2.97. The highest BCUT2D eigenvalue weighted by molar-refractivity contribution is 14.0. The van der Waals surface area contributed by atoms with Crippen molar-refractivity contribution in [2.45, 2.75) is 20.3 Å². The van der Waals surface area contributed by atoms with Crippen molar-refractivity contribution in [1.29, 1.82) is 0 Å². The third kappa shape index (κ3) is 6.97. The largest absolute Gasteiger partial charge is 0.370 e.